The van der Waals surface area contributed by atoms with E-state index in [4.69, 9.17) is 21.4 Å². The summed E-state index contributed by atoms with van der Waals surface area (Å²) in [5.74, 6) is 0. The van der Waals surface area contributed by atoms with Crippen LogP contribution in [0, 0.1) is 0 Å². The minimum absolute atomic E-state index is 0.103. The number of halogens is 1. The van der Waals surface area contributed by atoms with Crippen LogP contribution in [0.1, 0.15) is 17.5 Å². The summed E-state index contributed by atoms with van der Waals surface area (Å²) in [5.41, 5.74) is 2.78. The van der Waals surface area contributed by atoms with Gasteiger partial charge in [-0.3, -0.25) is 0 Å². The van der Waals surface area contributed by atoms with Crippen LogP contribution >= 0.6 is 11.6 Å². The molecule has 0 aliphatic heterocycles. The maximum absolute atomic E-state index is 8.57. The van der Waals surface area contributed by atoms with Crippen molar-refractivity contribution < 1.29 is 9.84 Å². The molecule has 0 saturated carbocycles. The molecule has 2 N–H and O–H groups in total. The Labute approximate surface area is 113 Å². The van der Waals surface area contributed by atoms with Gasteiger partial charge in [0.25, 0.3) is 0 Å². The van der Waals surface area contributed by atoms with E-state index in [1.54, 1.807) is 0 Å². The maximum Gasteiger partial charge on any atom is 0.0697 e. The highest BCUT2D eigenvalue weighted by Gasteiger charge is 2.20. The average Bonchev–Trinajstić information content (AvgIpc) is 2.75. The van der Waals surface area contributed by atoms with Crippen molar-refractivity contribution in [2.75, 3.05) is 26.4 Å². The lowest BCUT2D eigenvalue weighted by molar-refractivity contribution is 0.0904. The molecule has 0 fully saturated rings. The molecule has 18 heavy (non-hydrogen) atoms. The van der Waals surface area contributed by atoms with E-state index in [1.165, 1.54) is 11.1 Å². The fourth-order valence-corrected chi connectivity index (χ4v) is 2.57. The Kier molecular flexibility index (Phi) is 5.45. The molecule has 100 valence electrons. The van der Waals surface area contributed by atoms with Crippen molar-refractivity contribution in [2.24, 2.45) is 0 Å². The van der Waals surface area contributed by atoms with E-state index in [0.29, 0.717) is 19.3 Å². The second-order valence-corrected chi connectivity index (χ2v) is 5.10. The number of benzene rings is 1. The van der Waals surface area contributed by atoms with Gasteiger partial charge in [-0.15, -0.1) is 0 Å². The van der Waals surface area contributed by atoms with Crippen LogP contribution in [0.25, 0.3) is 0 Å². The number of nitrogens with one attached hydrogen (secondary N) is 1. The first-order chi connectivity index (χ1) is 8.79. The Hall–Kier alpha value is -0.610. The van der Waals surface area contributed by atoms with Crippen LogP contribution < -0.4 is 5.32 Å². The van der Waals surface area contributed by atoms with Gasteiger partial charge in [-0.2, -0.15) is 0 Å². The van der Waals surface area contributed by atoms with Crippen molar-refractivity contribution in [3.05, 3.63) is 34.3 Å². The van der Waals surface area contributed by atoms with Crippen LogP contribution in [0.15, 0.2) is 18.2 Å². The minimum Gasteiger partial charge on any atom is -0.394 e. The van der Waals surface area contributed by atoms with Gasteiger partial charge in [0, 0.05) is 17.7 Å². The highest BCUT2D eigenvalue weighted by Crippen LogP contribution is 2.25. The molecule has 0 aromatic heterocycles. The number of fused-ring (bicyclic) bond motifs is 1. The third-order valence-corrected chi connectivity index (χ3v) is 3.47. The van der Waals surface area contributed by atoms with E-state index in [9.17, 15) is 0 Å². The molecular weight excluding hydrogens is 250 g/mol. The van der Waals surface area contributed by atoms with Crippen molar-refractivity contribution in [3.63, 3.8) is 0 Å². The van der Waals surface area contributed by atoms with Crippen LogP contribution in [0.3, 0.4) is 0 Å². The summed E-state index contributed by atoms with van der Waals surface area (Å²) in [6.07, 6.45) is 3.13. The number of aliphatic hydroxyl groups excluding tert-OH is 1. The molecule has 4 heteroatoms. The maximum atomic E-state index is 8.57. The van der Waals surface area contributed by atoms with E-state index in [0.717, 1.165) is 30.8 Å². The van der Waals surface area contributed by atoms with Gasteiger partial charge in [0.2, 0.25) is 0 Å². The molecule has 2 rings (SSSR count). The lowest BCUT2D eigenvalue weighted by atomic mass is 10.1. The smallest absolute Gasteiger partial charge is 0.0697 e. The second kappa shape index (κ2) is 7.10. The van der Waals surface area contributed by atoms with Gasteiger partial charge in [0.1, 0.15) is 0 Å². The standard InChI is InChI=1S/C14H20ClNO2/c15-13-3-2-11-9-14(10-12(11)8-13)16-4-1-6-18-7-5-17/h2-3,8,14,16-17H,1,4-7,9-10H2. The van der Waals surface area contributed by atoms with Gasteiger partial charge in [-0.1, -0.05) is 17.7 Å². The first-order valence-electron chi connectivity index (χ1n) is 6.49. The predicted octanol–water partition coefficient (Wildman–Crippen LogP) is 1.80. The molecule has 0 bridgehead atoms. The van der Waals surface area contributed by atoms with E-state index < -0.39 is 0 Å². The molecular formula is C14H20ClNO2. The van der Waals surface area contributed by atoms with Gasteiger partial charge < -0.3 is 15.2 Å². The van der Waals surface area contributed by atoms with Crippen LogP contribution in [0.5, 0.6) is 0 Å². The summed E-state index contributed by atoms with van der Waals surface area (Å²) in [5, 5.41) is 12.9. The molecule has 3 nitrogen and oxygen atoms in total. The Balaban J connectivity index is 1.65. The summed E-state index contributed by atoms with van der Waals surface area (Å²) < 4.78 is 5.22. The zero-order valence-electron chi connectivity index (χ0n) is 10.5. The van der Waals surface area contributed by atoms with Crippen molar-refractivity contribution in [1.29, 1.82) is 0 Å². The summed E-state index contributed by atoms with van der Waals surface area (Å²) in [4.78, 5) is 0. The first-order valence-corrected chi connectivity index (χ1v) is 6.86. The minimum atomic E-state index is 0.103. The number of ether oxygens (including phenoxy) is 1. The van der Waals surface area contributed by atoms with Gasteiger partial charge in [0.15, 0.2) is 0 Å². The summed E-state index contributed by atoms with van der Waals surface area (Å²) >= 11 is 5.99. The molecule has 1 aromatic rings. The van der Waals surface area contributed by atoms with Gasteiger partial charge in [0.05, 0.1) is 13.2 Å². The number of aliphatic hydroxyl groups is 1. The van der Waals surface area contributed by atoms with Crippen molar-refractivity contribution >= 4 is 11.6 Å². The molecule has 1 atom stereocenters. The average molecular weight is 270 g/mol. The van der Waals surface area contributed by atoms with E-state index in [2.05, 4.69) is 17.4 Å². The summed E-state index contributed by atoms with van der Waals surface area (Å²) in [6, 6.07) is 6.69. The van der Waals surface area contributed by atoms with Gasteiger partial charge in [-0.05, 0) is 49.1 Å². The van der Waals surface area contributed by atoms with Crippen LogP contribution in [0.4, 0.5) is 0 Å². The van der Waals surface area contributed by atoms with Crippen LogP contribution in [-0.2, 0) is 17.6 Å². The van der Waals surface area contributed by atoms with Crippen molar-refractivity contribution in [2.45, 2.75) is 25.3 Å². The normalized spacial score (nSPS) is 18.0. The molecule has 0 spiro atoms. The third-order valence-electron chi connectivity index (χ3n) is 3.24. The van der Waals surface area contributed by atoms with E-state index in [-0.39, 0.29) is 6.61 Å². The van der Waals surface area contributed by atoms with Crippen LogP contribution in [-0.4, -0.2) is 37.5 Å². The quantitative estimate of drug-likeness (QED) is 0.742. The zero-order valence-corrected chi connectivity index (χ0v) is 11.2. The number of hydrogen-bond donors (Lipinski definition) is 2. The van der Waals surface area contributed by atoms with Crippen molar-refractivity contribution in [1.82, 2.24) is 5.32 Å². The SMILES string of the molecule is OCCOCCCNC1Cc2ccc(Cl)cc2C1. The molecule has 1 unspecified atom stereocenters. The zero-order chi connectivity index (χ0) is 12.8. The summed E-state index contributed by atoms with van der Waals surface area (Å²) in [7, 11) is 0. The summed E-state index contributed by atoms with van der Waals surface area (Å²) in [6.45, 7) is 2.20. The molecule has 1 aromatic carbocycles. The lowest BCUT2D eigenvalue weighted by Gasteiger charge is -2.11. The molecule has 1 aliphatic carbocycles. The fraction of sp³-hybridized carbons (Fsp3) is 0.571. The molecule has 0 heterocycles. The Morgan fingerprint density at radius 1 is 1.28 bits per heavy atom. The van der Waals surface area contributed by atoms with Gasteiger partial charge >= 0.3 is 0 Å². The first kappa shape index (κ1) is 13.8. The highest BCUT2D eigenvalue weighted by atomic mass is 35.5. The highest BCUT2D eigenvalue weighted by molar-refractivity contribution is 6.30. The Morgan fingerprint density at radius 2 is 2.11 bits per heavy atom. The van der Waals surface area contributed by atoms with Gasteiger partial charge in [-0.25, -0.2) is 0 Å². The molecule has 0 saturated heterocycles. The van der Waals surface area contributed by atoms with E-state index >= 15 is 0 Å². The largest absolute Gasteiger partial charge is 0.394 e. The molecule has 1 aliphatic rings. The number of rotatable bonds is 7. The Morgan fingerprint density at radius 3 is 2.94 bits per heavy atom. The van der Waals surface area contributed by atoms with E-state index in [1.807, 2.05) is 6.07 Å². The topological polar surface area (TPSA) is 41.5 Å². The third kappa shape index (κ3) is 3.95. The fourth-order valence-electron chi connectivity index (χ4n) is 2.38. The second-order valence-electron chi connectivity index (χ2n) is 4.66. The Bertz CT molecular complexity index is 384. The molecule has 0 radical (unpaired) electrons. The predicted molar refractivity (Wildman–Crippen MR) is 73.2 cm³/mol. The van der Waals surface area contributed by atoms with Crippen molar-refractivity contribution in [3.8, 4) is 0 Å². The molecule has 0 amide bonds. The monoisotopic (exact) mass is 269 g/mol. The van der Waals surface area contributed by atoms with Crippen LogP contribution in [0.2, 0.25) is 5.02 Å². The lowest BCUT2D eigenvalue weighted by Crippen LogP contribution is -2.31. The number of hydrogen-bond acceptors (Lipinski definition) is 3.